The van der Waals surface area contributed by atoms with Crippen molar-refractivity contribution in [3.63, 3.8) is 0 Å². The van der Waals surface area contributed by atoms with Crippen molar-refractivity contribution in [1.82, 2.24) is 25.2 Å². The molecule has 1 saturated carbocycles. The van der Waals surface area contributed by atoms with Crippen LogP contribution in [0.5, 0.6) is 0 Å². The maximum absolute atomic E-state index is 4.23. The summed E-state index contributed by atoms with van der Waals surface area (Å²) >= 11 is 2.08. The number of aromatic nitrogens is 3. The van der Waals surface area contributed by atoms with Crippen LogP contribution in [-0.2, 0) is 13.1 Å². The third kappa shape index (κ3) is 4.47. The van der Waals surface area contributed by atoms with Gasteiger partial charge in [0, 0.05) is 37.6 Å². The van der Waals surface area contributed by atoms with Crippen LogP contribution in [-0.4, -0.2) is 57.1 Å². The molecule has 0 radical (unpaired) electrons. The molecule has 0 bridgehead atoms. The van der Waals surface area contributed by atoms with Gasteiger partial charge in [0.2, 0.25) is 0 Å². The minimum Gasteiger partial charge on any atom is -0.308 e. The molecule has 1 saturated heterocycles. The van der Waals surface area contributed by atoms with E-state index >= 15 is 0 Å². The lowest BCUT2D eigenvalue weighted by Gasteiger charge is -2.18. The molecule has 19 heavy (non-hydrogen) atoms. The monoisotopic (exact) mass is 281 g/mol. The van der Waals surface area contributed by atoms with E-state index in [1.165, 1.54) is 43.9 Å². The van der Waals surface area contributed by atoms with Crippen molar-refractivity contribution >= 4 is 11.8 Å². The van der Waals surface area contributed by atoms with Gasteiger partial charge in [0.15, 0.2) is 0 Å². The van der Waals surface area contributed by atoms with Gasteiger partial charge in [0.25, 0.3) is 0 Å². The Kier molecular flexibility index (Phi) is 4.74. The van der Waals surface area contributed by atoms with Crippen LogP contribution in [0.3, 0.4) is 0 Å². The minimum absolute atomic E-state index is 0.736. The van der Waals surface area contributed by atoms with Crippen LogP contribution in [0.25, 0.3) is 0 Å². The van der Waals surface area contributed by atoms with Crippen LogP contribution in [0.4, 0.5) is 0 Å². The van der Waals surface area contributed by atoms with Crippen LogP contribution in [0.2, 0.25) is 0 Å². The van der Waals surface area contributed by atoms with Gasteiger partial charge in [-0.2, -0.15) is 11.8 Å². The highest BCUT2D eigenvalue weighted by atomic mass is 32.2. The van der Waals surface area contributed by atoms with Gasteiger partial charge in [0.1, 0.15) is 0 Å². The van der Waals surface area contributed by atoms with Crippen molar-refractivity contribution in [3.8, 4) is 0 Å². The van der Waals surface area contributed by atoms with Crippen LogP contribution in [0.1, 0.15) is 25.0 Å². The first-order valence-electron chi connectivity index (χ1n) is 7.33. The van der Waals surface area contributed by atoms with Gasteiger partial charge in [-0.15, -0.1) is 5.10 Å². The van der Waals surface area contributed by atoms with Gasteiger partial charge in [-0.1, -0.05) is 5.21 Å². The fraction of sp³-hybridized carbons (Fsp3) is 0.846. The number of nitrogens with zero attached hydrogens (tertiary/aromatic N) is 4. The van der Waals surface area contributed by atoms with E-state index in [4.69, 9.17) is 0 Å². The standard InChI is InChI=1S/C13H23N5S/c1-4-17(7-9-19-8-1)5-6-18-11-13(15-16-18)10-14-12-2-3-12/h11-12,14H,1-10H2. The van der Waals surface area contributed by atoms with E-state index in [-0.39, 0.29) is 0 Å². The smallest absolute Gasteiger partial charge is 0.0964 e. The summed E-state index contributed by atoms with van der Waals surface area (Å²) < 4.78 is 1.99. The van der Waals surface area contributed by atoms with Gasteiger partial charge in [0.05, 0.1) is 12.2 Å². The molecule has 2 heterocycles. The van der Waals surface area contributed by atoms with E-state index in [1.807, 2.05) is 4.68 Å². The fourth-order valence-electron chi connectivity index (χ4n) is 2.33. The van der Waals surface area contributed by atoms with Crippen molar-refractivity contribution < 1.29 is 0 Å². The first kappa shape index (κ1) is 13.4. The van der Waals surface area contributed by atoms with Crippen molar-refractivity contribution in [1.29, 1.82) is 0 Å². The Balaban J connectivity index is 1.41. The largest absolute Gasteiger partial charge is 0.308 e. The molecule has 3 rings (SSSR count). The second-order valence-corrected chi connectivity index (χ2v) is 6.66. The summed E-state index contributed by atoms with van der Waals surface area (Å²) in [4.78, 5) is 2.55. The minimum atomic E-state index is 0.736. The Bertz CT molecular complexity index is 382. The van der Waals surface area contributed by atoms with Crippen molar-refractivity contribution in [3.05, 3.63) is 11.9 Å². The molecule has 0 unspecified atom stereocenters. The maximum Gasteiger partial charge on any atom is 0.0964 e. The molecule has 1 aliphatic carbocycles. The van der Waals surface area contributed by atoms with Crippen LogP contribution >= 0.6 is 11.8 Å². The zero-order valence-electron chi connectivity index (χ0n) is 11.4. The van der Waals surface area contributed by atoms with Crippen molar-refractivity contribution in [2.24, 2.45) is 0 Å². The summed E-state index contributed by atoms with van der Waals surface area (Å²) in [6, 6.07) is 0.736. The molecule has 1 N–H and O–H groups in total. The Morgan fingerprint density at radius 2 is 2.21 bits per heavy atom. The molecule has 6 heteroatoms. The molecule has 2 aliphatic rings. The van der Waals surface area contributed by atoms with Gasteiger partial charge in [-0.05, 0) is 31.6 Å². The van der Waals surface area contributed by atoms with E-state index < -0.39 is 0 Å². The van der Waals surface area contributed by atoms with Gasteiger partial charge < -0.3 is 10.2 Å². The predicted molar refractivity (Wildman–Crippen MR) is 78.3 cm³/mol. The van der Waals surface area contributed by atoms with Crippen LogP contribution in [0, 0.1) is 0 Å². The number of nitrogens with one attached hydrogen (secondary N) is 1. The third-order valence-corrected chi connectivity index (χ3v) is 4.74. The fourth-order valence-corrected chi connectivity index (χ4v) is 3.26. The molecule has 0 spiro atoms. The molecular weight excluding hydrogens is 258 g/mol. The average Bonchev–Trinajstić information content (AvgIpc) is 3.20. The third-order valence-electron chi connectivity index (χ3n) is 3.70. The summed E-state index contributed by atoms with van der Waals surface area (Å²) in [5, 5.41) is 11.9. The molecule has 106 valence electrons. The average molecular weight is 281 g/mol. The quantitative estimate of drug-likeness (QED) is 0.842. The number of thioether (sulfide) groups is 1. The summed E-state index contributed by atoms with van der Waals surface area (Å²) in [6.45, 7) is 5.37. The Labute approximate surface area is 119 Å². The highest BCUT2D eigenvalue weighted by Gasteiger charge is 2.20. The molecule has 5 nitrogen and oxygen atoms in total. The van der Waals surface area contributed by atoms with E-state index in [1.54, 1.807) is 0 Å². The lowest BCUT2D eigenvalue weighted by molar-refractivity contribution is 0.277. The summed E-state index contributed by atoms with van der Waals surface area (Å²) in [5.41, 5.74) is 1.07. The second kappa shape index (κ2) is 6.72. The molecule has 2 fully saturated rings. The topological polar surface area (TPSA) is 46.0 Å². The van der Waals surface area contributed by atoms with Gasteiger partial charge in [-0.3, -0.25) is 4.68 Å². The molecule has 1 aromatic heterocycles. The highest BCUT2D eigenvalue weighted by Crippen LogP contribution is 2.18. The normalized spacial score (nSPS) is 21.5. The number of rotatable bonds is 6. The molecule has 1 aromatic rings. The summed E-state index contributed by atoms with van der Waals surface area (Å²) in [5.74, 6) is 2.59. The van der Waals surface area contributed by atoms with Gasteiger partial charge >= 0.3 is 0 Å². The molecular formula is C13H23N5S. The zero-order valence-corrected chi connectivity index (χ0v) is 12.2. The summed E-state index contributed by atoms with van der Waals surface area (Å²) in [6.07, 6.45) is 6.04. The SMILES string of the molecule is c1c(CNC2CC2)nnn1CCN1CCCSCC1. The lowest BCUT2D eigenvalue weighted by atomic mass is 10.4. The molecule has 0 aromatic carbocycles. The maximum atomic E-state index is 4.23. The first-order valence-corrected chi connectivity index (χ1v) is 8.48. The number of hydrogen-bond acceptors (Lipinski definition) is 5. The van der Waals surface area contributed by atoms with Crippen LogP contribution < -0.4 is 5.32 Å². The first-order chi connectivity index (χ1) is 9.40. The van der Waals surface area contributed by atoms with E-state index in [0.29, 0.717) is 0 Å². The molecule has 1 aliphatic heterocycles. The second-order valence-electron chi connectivity index (χ2n) is 5.44. The number of hydrogen-bond donors (Lipinski definition) is 1. The van der Waals surface area contributed by atoms with E-state index in [2.05, 4.69) is 38.5 Å². The molecule has 0 atom stereocenters. The van der Waals surface area contributed by atoms with Crippen molar-refractivity contribution in [2.75, 3.05) is 31.1 Å². The lowest BCUT2D eigenvalue weighted by Crippen LogP contribution is -2.29. The molecule has 0 amide bonds. The zero-order chi connectivity index (χ0) is 12.9. The highest BCUT2D eigenvalue weighted by molar-refractivity contribution is 7.99. The van der Waals surface area contributed by atoms with E-state index in [0.717, 1.165) is 31.4 Å². The van der Waals surface area contributed by atoms with Crippen molar-refractivity contribution in [2.45, 2.75) is 38.4 Å². The Hall–Kier alpha value is -0.590. The van der Waals surface area contributed by atoms with Crippen LogP contribution in [0.15, 0.2) is 6.20 Å². The Morgan fingerprint density at radius 3 is 3.11 bits per heavy atom. The van der Waals surface area contributed by atoms with E-state index in [9.17, 15) is 0 Å². The Morgan fingerprint density at radius 1 is 1.26 bits per heavy atom. The summed E-state index contributed by atoms with van der Waals surface area (Å²) in [7, 11) is 0. The predicted octanol–water partition coefficient (Wildman–Crippen LogP) is 0.969. The van der Waals surface area contributed by atoms with Gasteiger partial charge in [-0.25, -0.2) is 0 Å².